The second-order valence-electron chi connectivity index (χ2n) is 5.02. The molecule has 0 saturated heterocycles. The van der Waals surface area contributed by atoms with Gasteiger partial charge < -0.3 is 15.2 Å². The minimum absolute atomic E-state index is 0.577. The molecule has 0 atom stereocenters. The number of imidazole rings is 1. The summed E-state index contributed by atoms with van der Waals surface area (Å²) in [5, 5.41) is 6.95. The maximum absolute atomic E-state index is 5.34. The van der Waals surface area contributed by atoms with Crippen LogP contribution in [-0.4, -0.2) is 19.6 Å². The Hall–Kier alpha value is -2.73. The molecule has 23 heavy (non-hydrogen) atoms. The quantitative estimate of drug-likeness (QED) is 0.723. The molecule has 0 bridgehead atoms. The number of nitrogens with zero attached hydrogens (tertiary/aromatic N) is 3. The number of thiocarbonyl (C=S) groups is 1. The zero-order chi connectivity index (χ0) is 16.1. The summed E-state index contributed by atoms with van der Waals surface area (Å²) in [6, 6.07) is 11.9. The van der Waals surface area contributed by atoms with Gasteiger partial charge in [0.05, 0.1) is 5.69 Å². The van der Waals surface area contributed by atoms with Gasteiger partial charge in [-0.1, -0.05) is 18.2 Å². The number of aromatic nitrogens is 3. The number of aryl methyl sites for hydroxylation is 1. The molecule has 6 heteroatoms. The van der Waals surface area contributed by atoms with Gasteiger partial charge in [0.1, 0.15) is 5.82 Å². The average Bonchev–Trinajstić information content (AvgIpc) is 3.00. The highest BCUT2D eigenvalue weighted by Gasteiger charge is 2.07. The van der Waals surface area contributed by atoms with Crippen LogP contribution in [-0.2, 0) is 6.54 Å². The lowest BCUT2D eigenvalue weighted by molar-refractivity contribution is 0.885. The zero-order valence-corrected chi connectivity index (χ0v) is 13.5. The van der Waals surface area contributed by atoms with Crippen molar-refractivity contribution in [2.75, 3.05) is 5.32 Å². The van der Waals surface area contributed by atoms with Crippen molar-refractivity contribution >= 4 is 23.0 Å². The number of nitrogens with one attached hydrogen (secondary N) is 2. The Morgan fingerprint density at radius 3 is 2.65 bits per heavy atom. The van der Waals surface area contributed by atoms with Crippen LogP contribution in [0.25, 0.3) is 5.69 Å². The number of hydrogen-bond acceptors (Lipinski definition) is 3. The van der Waals surface area contributed by atoms with Crippen molar-refractivity contribution in [1.29, 1.82) is 0 Å². The molecule has 5 nitrogen and oxygen atoms in total. The van der Waals surface area contributed by atoms with Crippen molar-refractivity contribution in [2.24, 2.45) is 0 Å². The summed E-state index contributed by atoms with van der Waals surface area (Å²) in [4.78, 5) is 8.27. The topological polar surface area (TPSA) is 54.8 Å². The van der Waals surface area contributed by atoms with Crippen LogP contribution in [0.5, 0.6) is 0 Å². The molecule has 0 saturated carbocycles. The van der Waals surface area contributed by atoms with Gasteiger partial charge in [-0.3, -0.25) is 4.98 Å². The van der Waals surface area contributed by atoms with Gasteiger partial charge >= 0.3 is 0 Å². The predicted octanol–water partition coefficient (Wildman–Crippen LogP) is 3.06. The molecule has 0 aliphatic carbocycles. The highest BCUT2D eigenvalue weighted by Crippen LogP contribution is 2.16. The van der Waals surface area contributed by atoms with Gasteiger partial charge in [-0.05, 0) is 42.9 Å². The summed E-state index contributed by atoms with van der Waals surface area (Å²) < 4.78 is 2.07. The minimum atomic E-state index is 0.577. The summed E-state index contributed by atoms with van der Waals surface area (Å²) in [6.07, 6.45) is 7.21. The van der Waals surface area contributed by atoms with Crippen LogP contribution in [0.15, 0.2) is 61.2 Å². The SMILES string of the molecule is Cc1nccn1-c1ccccc1CNC(=S)Nc1ccncc1. The summed E-state index contributed by atoms with van der Waals surface area (Å²) >= 11 is 5.34. The molecule has 0 unspecified atom stereocenters. The Bertz CT molecular complexity index is 798. The van der Waals surface area contributed by atoms with E-state index in [1.807, 2.05) is 37.4 Å². The maximum atomic E-state index is 5.34. The Morgan fingerprint density at radius 2 is 1.91 bits per heavy atom. The molecule has 0 fully saturated rings. The summed E-state index contributed by atoms with van der Waals surface area (Å²) in [6.45, 7) is 2.62. The molecular weight excluding hydrogens is 306 g/mol. The Kier molecular flexibility index (Phi) is 4.63. The van der Waals surface area contributed by atoms with E-state index in [1.54, 1.807) is 18.6 Å². The molecule has 2 aromatic heterocycles. The molecule has 0 aliphatic heterocycles. The molecule has 2 heterocycles. The third-order valence-corrected chi connectivity index (χ3v) is 3.70. The lowest BCUT2D eigenvalue weighted by Gasteiger charge is -2.14. The molecular formula is C17H17N5S. The fraction of sp³-hybridized carbons (Fsp3) is 0.118. The van der Waals surface area contributed by atoms with Crippen LogP contribution in [0, 0.1) is 6.92 Å². The molecule has 0 aliphatic rings. The van der Waals surface area contributed by atoms with Crippen molar-refractivity contribution in [3.63, 3.8) is 0 Å². The van der Waals surface area contributed by atoms with Crippen molar-refractivity contribution < 1.29 is 0 Å². The van der Waals surface area contributed by atoms with Gasteiger partial charge in [0.15, 0.2) is 5.11 Å². The first-order chi connectivity index (χ1) is 11.2. The van der Waals surface area contributed by atoms with Crippen LogP contribution in [0.2, 0.25) is 0 Å². The van der Waals surface area contributed by atoms with Crippen LogP contribution in [0.1, 0.15) is 11.4 Å². The number of pyridine rings is 1. The standard InChI is InChI=1S/C17H17N5S/c1-13-19-10-11-22(13)16-5-3-2-4-14(16)12-20-17(23)21-15-6-8-18-9-7-15/h2-11H,12H2,1H3,(H2,18,20,21,23). The van der Waals surface area contributed by atoms with Crippen LogP contribution < -0.4 is 10.6 Å². The Balaban J connectivity index is 1.69. The molecule has 0 spiro atoms. The molecule has 0 radical (unpaired) electrons. The number of anilines is 1. The van der Waals surface area contributed by atoms with Crippen molar-refractivity contribution in [2.45, 2.75) is 13.5 Å². The fourth-order valence-corrected chi connectivity index (χ4v) is 2.50. The molecule has 3 rings (SSSR count). The summed E-state index contributed by atoms with van der Waals surface area (Å²) in [5.41, 5.74) is 3.16. The van der Waals surface area contributed by atoms with Gasteiger partial charge in [0, 0.05) is 37.0 Å². The summed E-state index contributed by atoms with van der Waals surface area (Å²) in [7, 11) is 0. The van der Waals surface area contributed by atoms with Gasteiger partial charge in [0.25, 0.3) is 0 Å². The summed E-state index contributed by atoms with van der Waals surface area (Å²) in [5.74, 6) is 0.954. The zero-order valence-electron chi connectivity index (χ0n) is 12.7. The highest BCUT2D eigenvalue weighted by atomic mass is 32.1. The maximum Gasteiger partial charge on any atom is 0.171 e. The molecule has 3 aromatic rings. The van der Waals surface area contributed by atoms with Gasteiger partial charge in [-0.25, -0.2) is 4.98 Å². The van der Waals surface area contributed by atoms with E-state index in [-0.39, 0.29) is 0 Å². The van der Waals surface area contributed by atoms with Crippen molar-refractivity contribution in [3.05, 3.63) is 72.6 Å². The van der Waals surface area contributed by atoms with E-state index in [2.05, 4.69) is 37.3 Å². The molecule has 116 valence electrons. The van der Waals surface area contributed by atoms with E-state index in [0.717, 1.165) is 22.8 Å². The molecule has 1 aromatic carbocycles. The Labute approximate surface area is 140 Å². The van der Waals surface area contributed by atoms with Gasteiger partial charge in [0.2, 0.25) is 0 Å². The van der Waals surface area contributed by atoms with E-state index in [4.69, 9.17) is 12.2 Å². The van der Waals surface area contributed by atoms with E-state index < -0.39 is 0 Å². The number of rotatable bonds is 4. The average molecular weight is 323 g/mol. The molecule has 0 amide bonds. The fourth-order valence-electron chi connectivity index (χ4n) is 2.31. The van der Waals surface area contributed by atoms with Crippen molar-refractivity contribution in [3.8, 4) is 5.69 Å². The van der Waals surface area contributed by atoms with E-state index in [0.29, 0.717) is 11.7 Å². The smallest absolute Gasteiger partial charge is 0.171 e. The first-order valence-corrected chi connectivity index (χ1v) is 7.68. The van der Waals surface area contributed by atoms with Crippen LogP contribution in [0.4, 0.5) is 5.69 Å². The third kappa shape index (κ3) is 3.73. The van der Waals surface area contributed by atoms with Crippen molar-refractivity contribution in [1.82, 2.24) is 19.9 Å². The predicted molar refractivity (Wildman–Crippen MR) is 95.6 cm³/mol. The molecule has 2 N–H and O–H groups in total. The first kappa shape index (κ1) is 15.2. The number of hydrogen-bond donors (Lipinski definition) is 2. The monoisotopic (exact) mass is 323 g/mol. The van der Waals surface area contributed by atoms with Crippen LogP contribution >= 0.6 is 12.2 Å². The second-order valence-corrected chi connectivity index (χ2v) is 5.42. The largest absolute Gasteiger partial charge is 0.358 e. The third-order valence-electron chi connectivity index (χ3n) is 3.45. The van der Waals surface area contributed by atoms with Crippen LogP contribution in [0.3, 0.4) is 0 Å². The Morgan fingerprint density at radius 1 is 1.13 bits per heavy atom. The normalized spacial score (nSPS) is 10.3. The lowest BCUT2D eigenvalue weighted by Crippen LogP contribution is -2.28. The van der Waals surface area contributed by atoms with E-state index in [9.17, 15) is 0 Å². The highest BCUT2D eigenvalue weighted by molar-refractivity contribution is 7.80. The van der Waals surface area contributed by atoms with Gasteiger partial charge in [-0.2, -0.15) is 0 Å². The van der Waals surface area contributed by atoms with E-state index >= 15 is 0 Å². The number of benzene rings is 1. The minimum Gasteiger partial charge on any atom is -0.358 e. The lowest BCUT2D eigenvalue weighted by atomic mass is 10.1. The van der Waals surface area contributed by atoms with E-state index in [1.165, 1.54) is 0 Å². The second kappa shape index (κ2) is 7.02. The first-order valence-electron chi connectivity index (χ1n) is 7.27. The van der Waals surface area contributed by atoms with Gasteiger partial charge in [-0.15, -0.1) is 0 Å². The number of para-hydroxylation sites is 1.